The van der Waals surface area contributed by atoms with Crippen LogP contribution in [-0.2, 0) is 21.2 Å². The summed E-state index contributed by atoms with van der Waals surface area (Å²) < 4.78 is 31.4. The van der Waals surface area contributed by atoms with Crippen LogP contribution in [0.1, 0.15) is 5.56 Å². The molecule has 104 valence electrons. The van der Waals surface area contributed by atoms with Gasteiger partial charge in [0.1, 0.15) is 17.2 Å². The molecule has 0 aromatic heterocycles. The average molecular weight is 350 g/mol. The molecule has 0 spiro atoms. The van der Waals surface area contributed by atoms with Crippen molar-refractivity contribution in [1.82, 2.24) is 4.31 Å². The van der Waals surface area contributed by atoms with Crippen molar-refractivity contribution in [2.24, 2.45) is 0 Å². The van der Waals surface area contributed by atoms with Gasteiger partial charge in [-0.05, 0) is 12.1 Å². The van der Waals surface area contributed by atoms with Gasteiger partial charge < -0.3 is 9.84 Å². The van der Waals surface area contributed by atoms with Gasteiger partial charge in [0.05, 0.1) is 6.61 Å². The Morgan fingerprint density at radius 1 is 1.53 bits per heavy atom. The number of aliphatic carboxylic acids is 1. The number of hydrogen-bond donors (Lipinski definition) is 1. The van der Waals surface area contributed by atoms with Gasteiger partial charge in [-0.25, -0.2) is 8.42 Å². The second-order valence-electron chi connectivity index (χ2n) is 4.15. The molecule has 0 amide bonds. The van der Waals surface area contributed by atoms with Crippen molar-refractivity contribution < 1.29 is 23.1 Å². The number of hydrogen-bond acceptors (Lipinski definition) is 4. The van der Waals surface area contributed by atoms with Gasteiger partial charge in [-0.1, -0.05) is 15.9 Å². The number of nitrogens with zero attached hydrogens (tertiary/aromatic N) is 1. The summed E-state index contributed by atoms with van der Waals surface area (Å²) in [7, 11) is -2.66. The highest BCUT2D eigenvalue weighted by molar-refractivity contribution is 9.10. The van der Waals surface area contributed by atoms with Crippen LogP contribution in [0.4, 0.5) is 0 Å². The van der Waals surface area contributed by atoms with E-state index in [9.17, 15) is 13.2 Å². The van der Waals surface area contributed by atoms with Crippen LogP contribution in [0.2, 0.25) is 0 Å². The summed E-state index contributed by atoms with van der Waals surface area (Å²) >= 11 is 3.25. The molecule has 1 heterocycles. The fourth-order valence-electron chi connectivity index (χ4n) is 1.87. The van der Waals surface area contributed by atoms with Crippen LogP contribution >= 0.6 is 15.9 Å². The van der Waals surface area contributed by atoms with Crippen LogP contribution in [-0.4, -0.2) is 44.0 Å². The van der Waals surface area contributed by atoms with Gasteiger partial charge in [0.25, 0.3) is 0 Å². The van der Waals surface area contributed by atoms with Gasteiger partial charge in [-0.3, -0.25) is 4.79 Å². The van der Waals surface area contributed by atoms with E-state index in [-0.39, 0.29) is 4.90 Å². The number of carboxylic acid groups (broad SMARTS) is 1. The van der Waals surface area contributed by atoms with Gasteiger partial charge in [0.15, 0.2) is 0 Å². The molecule has 0 bridgehead atoms. The minimum atomic E-state index is -3.88. The Labute approximate surface area is 119 Å². The summed E-state index contributed by atoms with van der Waals surface area (Å²) in [6, 6.07) is 3.23. The number of likely N-dealkylation sites (N-methyl/N-ethyl adjacent to an activating group) is 1. The van der Waals surface area contributed by atoms with E-state index < -0.39 is 22.5 Å². The van der Waals surface area contributed by atoms with E-state index in [2.05, 4.69) is 15.9 Å². The zero-order chi connectivity index (χ0) is 14.2. The van der Waals surface area contributed by atoms with E-state index in [4.69, 9.17) is 9.84 Å². The second-order valence-corrected chi connectivity index (χ2v) is 7.07. The van der Waals surface area contributed by atoms with Crippen molar-refractivity contribution in [3.8, 4) is 5.75 Å². The first-order valence-electron chi connectivity index (χ1n) is 5.45. The lowest BCUT2D eigenvalue weighted by molar-refractivity contribution is -0.137. The fraction of sp³-hybridized carbons (Fsp3) is 0.364. The number of carbonyl (C=O) groups is 1. The van der Waals surface area contributed by atoms with Crippen molar-refractivity contribution in [1.29, 1.82) is 0 Å². The molecule has 6 nitrogen and oxygen atoms in total. The van der Waals surface area contributed by atoms with Crippen molar-refractivity contribution >= 4 is 31.9 Å². The van der Waals surface area contributed by atoms with E-state index in [1.165, 1.54) is 13.1 Å². The first kappa shape index (κ1) is 14.3. The topological polar surface area (TPSA) is 83.9 Å². The predicted octanol–water partition coefficient (Wildman–Crippen LogP) is 1.09. The van der Waals surface area contributed by atoms with E-state index in [1.807, 2.05) is 0 Å². The van der Waals surface area contributed by atoms with Crippen LogP contribution in [0.3, 0.4) is 0 Å². The van der Waals surface area contributed by atoms with Crippen LogP contribution in [0.15, 0.2) is 21.5 Å². The lowest BCUT2D eigenvalue weighted by Crippen LogP contribution is -2.32. The van der Waals surface area contributed by atoms with Crippen LogP contribution in [0.25, 0.3) is 0 Å². The minimum Gasteiger partial charge on any atom is -0.492 e. The number of fused-ring (bicyclic) bond motifs is 1. The van der Waals surface area contributed by atoms with Crippen molar-refractivity contribution in [3.05, 3.63) is 22.2 Å². The molecule has 1 aliphatic heterocycles. The Balaban J connectivity index is 2.49. The smallest absolute Gasteiger partial charge is 0.318 e. The Morgan fingerprint density at radius 3 is 2.84 bits per heavy atom. The molecule has 0 radical (unpaired) electrons. The van der Waals surface area contributed by atoms with Gasteiger partial charge in [-0.2, -0.15) is 4.31 Å². The van der Waals surface area contributed by atoms with Gasteiger partial charge in [0, 0.05) is 23.5 Å². The molecule has 0 aliphatic carbocycles. The van der Waals surface area contributed by atoms with E-state index in [1.54, 1.807) is 6.07 Å². The third kappa shape index (κ3) is 2.75. The molecule has 0 unspecified atom stereocenters. The highest BCUT2D eigenvalue weighted by Gasteiger charge is 2.30. The Morgan fingerprint density at radius 2 is 2.21 bits per heavy atom. The molecule has 1 N–H and O–H groups in total. The standard InChI is InChI=1S/C11H12BrNO5S/c1-13(6-10(14)15)19(16,17)9-5-8(12)4-7-2-3-18-11(7)9/h4-5H,2-3,6H2,1H3,(H,14,15). The second kappa shape index (κ2) is 5.10. The molecule has 0 atom stereocenters. The molecule has 0 saturated heterocycles. The maximum absolute atomic E-state index is 12.3. The lowest BCUT2D eigenvalue weighted by Gasteiger charge is -2.17. The first-order chi connectivity index (χ1) is 8.82. The molecular weight excluding hydrogens is 338 g/mol. The van der Waals surface area contributed by atoms with E-state index >= 15 is 0 Å². The molecule has 0 fully saturated rings. The number of halogens is 1. The number of ether oxygens (including phenoxy) is 1. The Hall–Kier alpha value is -1.12. The summed E-state index contributed by atoms with van der Waals surface area (Å²) in [5.41, 5.74) is 0.802. The van der Waals surface area contributed by atoms with Gasteiger partial charge in [0.2, 0.25) is 10.0 Å². The highest BCUT2D eigenvalue weighted by Crippen LogP contribution is 2.36. The molecule has 1 aromatic rings. The Kier molecular flexibility index (Phi) is 3.84. The third-order valence-electron chi connectivity index (χ3n) is 2.76. The van der Waals surface area contributed by atoms with Crippen molar-refractivity contribution in [3.63, 3.8) is 0 Å². The minimum absolute atomic E-state index is 0.00174. The van der Waals surface area contributed by atoms with Gasteiger partial charge >= 0.3 is 5.97 Å². The first-order valence-corrected chi connectivity index (χ1v) is 7.69. The molecule has 19 heavy (non-hydrogen) atoms. The molecule has 1 aliphatic rings. The lowest BCUT2D eigenvalue weighted by atomic mass is 10.2. The quantitative estimate of drug-likeness (QED) is 0.879. The molecule has 2 rings (SSSR count). The van der Waals surface area contributed by atoms with Crippen molar-refractivity contribution in [2.45, 2.75) is 11.3 Å². The summed E-state index contributed by atoms with van der Waals surface area (Å²) in [4.78, 5) is 10.6. The summed E-state index contributed by atoms with van der Waals surface area (Å²) in [5, 5.41) is 8.70. The Bertz CT molecular complexity index is 628. The fourth-order valence-corrected chi connectivity index (χ4v) is 3.84. The zero-order valence-corrected chi connectivity index (χ0v) is 12.5. The summed E-state index contributed by atoms with van der Waals surface area (Å²) in [5.74, 6) is -0.890. The van der Waals surface area contributed by atoms with Crippen LogP contribution < -0.4 is 4.74 Å². The predicted molar refractivity (Wildman–Crippen MR) is 70.8 cm³/mol. The normalized spacial score (nSPS) is 14.3. The molecular formula is C11H12BrNO5S. The van der Waals surface area contributed by atoms with Crippen LogP contribution in [0, 0.1) is 0 Å². The zero-order valence-electron chi connectivity index (χ0n) is 10.1. The summed E-state index contributed by atoms with van der Waals surface area (Å²) in [6.07, 6.45) is 0.639. The number of rotatable bonds is 4. The van der Waals surface area contributed by atoms with Gasteiger partial charge in [-0.15, -0.1) is 0 Å². The average Bonchev–Trinajstić information content (AvgIpc) is 2.74. The highest BCUT2D eigenvalue weighted by atomic mass is 79.9. The molecule has 8 heteroatoms. The molecule has 1 aromatic carbocycles. The number of benzene rings is 1. The third-order valence-corrected chi connectivity index (χ3v) is 5.03. The number of carboxylic acids is 1. The summed E-state index contributed by atoms with van der Waals surface area (Å²) in [6.45, 7) is -0.166. The maximum Gasteiger partial charge on any atom is 0.318 e. The monoisotopic (exact) mass is 349 g/mol. The van der Waals surface area contributed by atoms with Crippen molar-refractivity contribution in [2.75, 3.05) is 20.2 Å². The molecule has 0 saturated carbocycles. The SMILES string of the molecule is CN(CC(=O)O)S(=O)(=O)c1cc(Br)cc2c1OCC2. The number of sulfonamides is 1. The van der Waals surface area contributed by atoms with E-state index in [0.717, 1.165) is 9.87 Å². The maximum atomic E-state index is 12.3. The van der Waals surface area contributed by atoms with Crippen LogP contribution in [0.5, 0.6) is 5.75 Å². The largest absolute Gasteiger partial charge is 0.492 e. The van der Waals surface area contributed by atoms with E-state index in [0.29, 0.717) is 23.2 Å².